The van der Waals surface area contributed by atoms with E-state index >= 15 is 0 Å². The predicted molar refractivity (Wildman–Crippen MR) is 62.9 cm³/mol. The molecular formula is C10H14ClFN2O2. The number of oxime groups is 1. The molecule has 0 aliphatic rings. The van der Waals surface area contributed by atoms with Crippen LogP contribution in [0.25, 0.3) is 0 Å². The van der Waals surface area contributed by atoms with Crippen molar-refractivity contribution in [3.63, 3.8) is 0 Å². The van der Waals surface area contributed by atoms with Gasteiger partial charge in [0, 0.05) is 12.1 Å². The van der Waals surface area contributed by atoms with E-state index in [-0.39, 0.29) is 31.3 Å². The van der Waals surface area contributed by atoms with Crippen molar-refractivity contribution in [3.05, 3.63) is 29.8 Å². The largest absolute Gasteiger partial charge is 0.507 e. The number of rotatable bonds is 5. The summed E-state index contributed by atoms with van der Waals surface area (Å²) in [5.41, 5.74) is 5.56. The molecule has 0 aromatic heterocycles. The zero-order valence-corrected chi connectivity index (χ0v) is 9.36. The lowest BCUT2D eigenvalue weighted by atomic mass is 10.2. The van der Waals surface area contributed by atoms with Crippen molar-refractivity contribution in [3.8, 4) is 5.75 Å². The third-order valence-corrected chi connectivity index (χ3v) is 1.71. The van der Waals surface area contributed by atoms with Crippen LogP contribution in [0.2, 0.25) is 0 Å². The van der Waals surface area contributed by atoms with Gasteiger partial charge in [-0.25, -0.2) is 4.39 Å². The first-order valence-electron chi connectivity index (χ1n) is 4.51. The molecule has 16 heavy (non-hydrogen) atoms. The summed E-state index contributed by atoms with van der Waals surface area (Å²) in [5, 5.41) is 12.8. The van der Waals surface area contributed by atoms with Crippen molar-refractivity contribution in [1.29, 1.82) is 0 Å². The third-order valence-electron chi connectivity index (χ3n) is 1.71. The van der Waals surface area contributed by atoms with E-state index in [4.69, 9.17) is 5.73 Å². The average Bonchev–Trinajstić information content (AvgIpc) is 2.26. The van der Waals surface area contributed by atoms with E-state index in [1.165, 1.54) is 12.3 Å². The molecule has 0 saturated heterocycles. The third kappa shape index (κ3) is 4.95. The fourth-order valence-electron chi connectivity index (χ4n) is 0.883. The Morgan fingerprint density at radius 3 is 2.81 bits per heavy atom. The van der Waals surface area contributed by atoms with Crippen molar-refractivity contribution in [2.24, 2.45) is 10.9 Å². The predicted octanol–water partition coefficient (Wildman–Crippen LogP) is 1.46. The van der Waals surface area contributed by atoms with Gasteiger partial charge in [0.25, 0.3) is 0 Å². The van der Waals surface area contributed by atoms with Crippen LogP contribution in [0.15, 0.2) is 29.4 Å². The molecule has 1 unspecified atom stereocenters. The van der Waals surface area contributed by atoms with Gasteiger partial charge < -0.3 is 15.7 Å². The molecule has 0 amide bonds. The van der Waals surface area contributed by atoms with Crippen LogP contribution >= 0.6 is 12.4 Å². The molecule has 0 aliphatic carbocycles. The minimum Gasteiger partial charge on any atom is -0.507 e. The number of alkyl halides is 1. The van der Waals surface area contributed by atoms with Gasteiger partial charge in [0.1, 0.15) is 18.5 Å². The Labute approximate surface area is 99.3 Å². The highest BCUT2D eigenvalue weighted by Gasteiger charge is 2.02. The molecule has 3 N–H and O–H groups in total. The Kier molecular flexibility index (Phi) is 7.24. The van der Waals surface area contributed by atoms with E-state index in [0.717, 1.165) is 0 Å². The lowest BCUT2D eigenvalue weighted by molar-refractivity contribution is 0.0910. The molecule has 1 aromatic carbocycles. The molecule has 0 spiro atoms. The molecule has 90 valence electrons. The first-order valence-corrected chi connectivity index (χ1v) is 4.51. The second-order valence-corrected chi connectivity index (χ2v) is 2.92. The maximum absolute atomic E-state index is 12.6. The SMILES string of the molecule is Cl.NCC(F)CON=Cc1ccccc1O. The van der Waals surface area contributed by atoms with E-state index in [2.05, 4.69) is 9.99 Å². The number of phenols is 1. The van der Waals surface area contributed by atoms with Crippen LogP contribution in [0.5, 0.6) is 5.75 Å². The van der Waals surface area contributed by atoms with Gasteiger partial charge in [0.15, 0.2) is 0 Å². The fourth-order valence-corrected chi connectivity index (χ4v) is 0.883. The zero-order valence-electron chi connectivity index (χ0n) is 8.54. The molecule has 1 aromatic rings. The second kappa shape index (κ2) is 7.90. The zero-order chi connectivity index (χ0) is 11.1. The number of nitrogens with two attached hydrogens (primary N) is 1. The molecule has 6 heteroatoms. The second-order valence-electron chi connectivity index (χ2n) is 2.92. The van der Waals surface area contributed by atoms with Gasteiger partial charge >= 0.3 is 0 Å². The minimum absolute atomic E-state index is 0. The van der Waals surface area contributed by atoms with E-state index in [9.17, 15) is 9.50 Å². The highest BCUT2D eigenvalue weighted by Crippen LogP contribution is 2.12. The maximum Gasteiger partial charge on any atom is 0.149 e. The van der Waals surface area contributed by atoms with Crippen LogP contribution in [0.4, 0.5) is 4.39 Å². The Morgan fingerprint density at radius 2 is 2.19 bits per heavy atom. The van der Waals surface area contributed by atoms with Crippen LogP contribution in [-0.2, 0) is 4.84 Å². The minimum atomic E-state index is -1.22. The summed E-state index contributed by atoms with van der Waals surface area (Å²) in [6, 6.07) is 6.63. The van der Waals surface area contributed by atoms with Crippen molar-refractivity contribution in [2.75, 3.05) is 13.2 Å². The van der Waals surface area contributed by atoms with Gasteiger partial charge in [-0.1, -0.05) is 17.3 Å². The van der Waals surface area contributed by atoms with Gasteiger partial charge in [-0.15, -0.1) is 12.4 Å². The van der Waals surface area contributed by atoms with E-state index in [1.54, 1.807) is 18.2 Å². The smallest absolute Gasteiger partial charge is 0.149 e. The lowest BCUT2D eigenvalue weighted by Crippen LogP contribution is -2.19. The lowest BCUT2D eigenvalue weighted by Gasteiger charge is -2.02. The van der Waals surface area contributed by atoms with Crippen LogP contribution in [0.1, 0.15) is 5.56 Å². The molecular weight excluding hydrogens is 235 g/mol. The van der Waals surface area contributed by atoms with Gasteiger partial charge in [-0.2, -0.15) is 0 Å². The van der Waals surface area contributed by atoms with Crippen LogP contribution in [0, 0.1) is 0 Å². The quantitative estimate of drug-likeness (QED) is 0.612. The number of para-hydroxylation sites is 1. The summed E-state index contributed by atoms with van der Waals surface area (Å²) in [6.07, 6.45) is 0.102. The van der Waals surface area contributed by atoms with Crippen molar-refractivity contribution >= 4 is 18.6 Å². The Hall–Kier alpha value is -1.33. The summed E-state index contributed by atoms with van der Waals surface area (Å²) in [7, 11) is 0. The van der Waals surface area contributed by atoms with Gasteiger partial charge in [0.2, 0.25) is 0 Å². The van der Waals surface area contributed by atoms with E-state index in [1.807, 2.05) is 0 Å². The molecule has 0 aliphatic heterocycles. The van der Waals surface area contributed by atoms with E-state index in [0.29, 0.717) is 5.56 Å². The molecule has 4 nitrogen and oxygen atoms in total. The summed E-state index contributed by atoms with van der Waals surface area (Å²) in [4.78, 5) is 4.65. The number of phenolic OH excluding ortho intramolecular Hbond substituents is 1. The number of halogens is 2. The number of benzene rings is 1. The van der Waals surface area contributed by atoms with Crippen molar-refractivity contribution < 1.29 is 14.3 Å². The summed E-state index contributed by atoms with van der Waals surface area (Å²) >= 11 is 0. The summed E-state index contributed by atoms with van der Waals surface area (Å²) in [5.74, 6) is 0.0977. The molecule has 1 rings (SSSR count). The monoisotopic (exact) mass is 248 g/mol. The normalized spacial score (nSPS) is 12.1. The molecule has 0 fully saturated rings. The first kappa shape index (κ1) is 14.7. The topological polar surface area (TPSA) is 67.8 Å². The molecule has 0 radical (unpaired) electrons. The van der Waals surface area contributed by atoms with Crippen LogP contribution in [-0.4, -0.2) is 30.6 Å². The molecule has 1 atom stereocenters. The summed E-state index contributed by atoms with van der Waals surface area (Å²) < 4.78 is 12.6. The number of hydrogen-bond donors (Lipinski definition) is 2. The van der Waals surface area contributed by atoms with Gasteiger partial charge in [-0.05, 0) is 12.1 Å². The first-order chi connectivity index (χ1) is 7.24. The van der Waals surface area contributed by atoms with Crippen LogP contribution in [0.3, 0.4) is 0 Å². The Morgan fingerprint density at radius 1 is 1.50 bits per heavy atom. The molecule has 0 saturated carbocycles. The Bertz CT molecular complexity index is 336. The van der Waals surface area contributed by atoms with Gasteiger partial charge in [0.05, 0.1) is 6.21 Å². The highest BCUT2D eigenvalue weighted by atomic mass is 35.5. The standard InChI is InChI=1S/C10H13FN2O2.ClH/c11-9(5-12)7-15-13-6-8-3-1-2-4-10(8)14;/h1-4,6,9,14H,5,7,12H2;1H. The average molecular weight is 249 g/mol. The fraction of sp³-hybridized carbons (Fsp3) is 0.300. The van der Waals surface area contributed by atoms with Gasteiger partial charge in [-0.3, -0.25) is 0 Å². The summed E-state index contributed by atoms with van der Waals surface area (Å²) in [6.45, 7) is -0.271. The number of nitrogens with zero attached hydrogens (tertiary/aromatic N) is 1. The number of aromatic hydroxyl groups is 1. The highest BCUT2D eigenvalue weighted by molar-refractivity contribution is 5.85. The van der Waals surface area contributed by atoms with E-state index < -0.39 is 6.17 Å². The van der Waals surface area contributed by atoms with Crippen molar-refractivity contribution in [2.45, 2.75) is 6.17 Å². The van der Waals surface area contributed by atoms with Crippen molar-refractivity contribution in [1.82, 2.24) is 0 Å². The number of hydrogen-bond acceptors (Lipinski definition) is 4. The maximum atomic E-state index is 12.6. The van der Waals surface area contributed by atoms with Crippen LogP contribution < -0.4 is 5.73 Å². The Balaban J connectivity index is 0.00000225. The molecule has 0 heterocycles. The molecule has 0 bridgehead atoms.